The van der Waals surface area contributed by atoms with Gasteiger partial charge in [-0.1, -0.05) is 23.7 Å². The summed E-state index contributed by atoms with van der Waals surface area (Å²) in [6.45, 7) is 0.571. The molecule has 0 spiro atoms. The Morgan fingerprint density at radius 2 is 2.05 bits per heavy atom. The fourth-order valence-electron chi connectivity index (χ4n) is 1.46. The van der Waals surface area contributed by atoms with Crippen molar-refractivity contribution in [3.63, 3.8) is 0 Å². The topological polar surface area (TPSA) is 64.1 Å². The number of nitrogens with zero attached hydrogens (tertiary/aromatic N) is 1. The Labute approximate surface area is 121 Å². The van der Waals surface area contributed by atoms with Gasteiger partial charge in [-0.25, -0.2) is 4.79 Å². The summed E-state index contributed by atoms with van der Waals surface area (Å²) in [4.78, 5) is 24.7. The van der Waals surface area contributed by atoms with E-state index in [0.717, 1.165) is 4.47 Å². The van der Waals surface area contributed by atoms with E-state index in [-0.39, 0.29) is 18.2 Å². The summed E-state index contributed by atoms with van der Waals surface area (Å²) < 4.78 is 7.65. The first kappa shape index (κ1) is 13.9. The predicted molar refractivity (Wildman–Crippen MR) is 76.0 cm³/mol. The van der Waals surface area contributed by atoms with E-state index in [1.54, 1.807) is 0 Å². The Kier molecular flexibility index (Phi) is 4.44. The smallest absolute Gasteiger partial charge is 0.328 e. The second-order valence-electron chi connectivity index (χ2n) is 3.71. The second kappa shape index (κ2) is 6.08. The number of aromatic nitrogens is 2. The van der Waals surface area contributed by atoms with Crippen LogP contribution in [0.2, 0.25) is 5.02 Å². The highest BCUT2D eigenvalue weighted by molar-refractivity contribution is 9.10. The van der Waals surface area contributed by atoms with Crippen molar-refractivity contribution < 1.29 is 4.74 Å². The molecule has 5 nitrogen and oxygen atoms in total. The molecule has 1 heterocycles. The molecule has 1 aromatic heterocycles. The Morgan fingerprint density at radius 3 is 2.79 bits per heavy atom. The van der Waals surface area contributed by atoms with Gasteiger partial charge in [-0.15, -0.1) is 0 Å². The van der Waals surface area contributed by atoms with Crippen molar-refractivity contribution in [2.45, 2.75) is 6.54 Å². The molecule has 0 amide bonds. The zero-order chi connectivity index (χ0) is 13.8. The highest BCUT2D eigenvalue weighted by atomic mass is 79.9. The van der Waals surface area contributed by atoms with Gasteiger partial charge >= 0.3 is 5.69 Å². The Bertz CT molecular complexity index is 696. The van der Waals surface area contributed by atoms with E-state index >= 15 is 0 Å². The van der Waals surface area contributed by atoms with Crippen LogP contribution in [0.4, 0.5) is 0 Å². The highest BCUT2D eigenvalue weighted by Gasteiger charge is 2.03. The molecule has 1 N–H and O–H groups in total. The SMILES string of the molecule is O=c1[nH]c(=O)n(CCOc2ccccc2Br)cc1Cl. The van der Waals surface area contributed by atoms with Crippen LogP contribution in [0, 0.1) is 0 Å². The van der Waals surface area contributed by atoms with E-state index in [4.69, 9.17) is 16.3 Å². The minimum atomic E-state index is -0.588. The number of nitrogens with one attached hydrogen (secondary N) is 1. The Balaban J connectivity index is 2.04. The lowest BCUT2D eigenvalue weighted by molar-refractivity contribution is 0.293. The molecule has 0 fully saturated rings. The normalized spacial score (nSPS) is 10.4. The highest BCUT2D eigenvalue weighted by Crippen LogP contribution is 2.23. The third-order valence-electron chi connectivity index (χ3n) is 2.39. The second-order valence-corrected chi connectivity index (χ2v) is 4.97. The van der Waals surface area contributed by atoms with Crippen LogP contribution in [0.5, 0.6) is 5.75 Å². The van der Waals surface area contributed by atoms with E-state index in [1.165, 1.54) is 10.8 Å². The van der Waals surface area contributed by atoms with Gasteiger partial charge in [0.25, 0.3) is 5.56 Å². The van der Waals surface area contributed by atoms with Crippen LogP contribution in [0.15, 0.2) is 44.5 Å². The summed E-state index contributed by atoms with van der Waals surface area (Å²) in [5.41, 5.74) is -1.10. The molecule has 0 radical (unpaired) electrons. The molecule has 7 heteroatoms. The number of H-pyrrole nitrogens is 1. The minimum absolute atomic E-state index is 0.0273. The summed E-state index contributed by atoms with van der Waals surface area (Å²) in [6.07, 6.45) is 1.30. The van der Waals surface area contributed by atoms with Crippen LogP contribution in [-0.2, 0) is 6.54 Å². The molecular weight excluding hydrogens is 336 g/mol. The third-order valence-corrected chi connectivity index (χ3v) is 3.32. The number of halogens is 2. The van der Waals surface area contributed by atoms with Gasteiger partial charge in [0.2, 0.25) is 0 Å². The lowest BCUT2D eigenvalue weighted by Gasteiger charge is -2.09. The maximum atomic E-state index is 11.5. The number of ether oxygens (including phenoxy) is 1. The van der Waals surface area contributed by atoms with Gasteiger partial charge in [-0.05, 0) is 28.1 Å². The lowest BCUT2D eigenvalue weighted by Crippen LogP contribution is -2.31. The van der Waals surface area contributed by atoms with E-state index in [9.17, 15) is 9.59 Å². The van der Waals surface area contributed by atoms with Crippen LogP contribution < -0.4 is 16.0 Å². The van der Waals surface area contributed by atoms with Gasteiger partial charge in [0.15, 0.2) is 0 Å². The maximum absolute atomic E-state index is 11.5. The van der Waals surface area contributed by atoms with Crippen molar-refractivity contribution in [1.29, 1.82) is 0 Å². The number of hydrogen-bond acceptors (Lipinski definition) is 3. The first-order valence-corrected chi connectivity index (χ1v) is 6.61. The van der Waals surface area contributed by atoms with E-state index < -0.39 is 11.2 Å². The first-order valence-electron chi connectivity index (χ1n) is 5.44. The van der Waals surface area contributed by atoms with Crippen molar-refractivity contribution in [3.05, 3.63) is 60.8 Å². The van der Waals surface area contributed by atoms with Crippen LogP contribution in [0.3, 0.4) is 0 Å². The molecule has 0 aliphatic carbocycles. The first-order chi connectivity index (χ1) is 9.08. The summed E-state index contributed by atoms with van der Waals surface area (Å²) in [5.74, 6) is 0.686. The lowest BCUT2D eigenvalue weighted by atomic mass is 10.3. The van der Waals surface area contributed by atoms with Crippen molar-refractivity contribution in [1.82, 2.24) is 9.55 Å². The third kappa shape index (κ3) is 3.48. The van der Waals surface area contributed by atoms with E-state index in [1.807, 2.05) is 24.3 Å². The molecule has 0 aliphatic heterocycles. The van der Waals surface area contributed by atoms with Gasteiger partial charge < -0.3 is 4.74 Å². The molecule has 0 aliphatic rings. The van der Waals surface area contributed by atoms with Crippen molar-refractivity contribution in [2.24, 2.45) is 0 Å². The van der Waals surface area contributed by atoms with Gasteiger partial charge in [0, 0.05) is 6.20 Å². The van der Waals surface area contributed by atoms with Gasteiger partial charge in [-0.2, -0.15) is 0 Å². The van der Waals surface area contributed by atoms with Crippen molar-refractivity contribution >= 4 is 27.5 Å². The monoisotopic (exact) mass is 344 g/mol. The molecule has 19 heavy (non-hydrogen) atoms. The average molecular weight is 346 g/mol. The number of para-hydroxylation sites is 1. The summed E-state index contributed by atoms with van der Waals surface area (Å²) in [5, 5.41) is -0.0273. The zero-order valence-electron chi connectivity index (χ0n) is 9.73. The Morgan fingerprint density at radius 1 is 1.32 bits per heavy atom. The van der Waals surface area contributed by atoms with Gasteiger partial charge in [0.1, 0.15) is 17.4 Å². The fraction of sp³-hybridized carbons (Fsp3) is 0.167. The molecule has 2 rings (SSSR count). The number of rotatable bonds is 4. The van der Waals surface area contributed by atoms with E-state index in [0.29, 0.717) is 5.75 Å². The Hall–Kier alpha value is -1.53. The predicted octanol–water partition coefficient (Wildman–Crippen LogP) is 2.03. The minimum Gasteiger partial charge on any atom is -0.491 e. The molecular formula is C12H10BrClN2O3. The van der Waals surface area contributed by atoms with E-state index in [2.05, 4.69) is 20.9 Å². The molecule has 0 unspecified atom stereocenters. The van der Waals surface area contributed by atoms with Crippen LogP contribution >= 0.6 is 27.5 Å². The zero-order valence-corrected chi connectivity index (χ0v) is 12.1. The van der Waals surface area contributed by atoms with Crippen LogP contribution in [0.25, 0.3) is 0 Å². The molecule has 0 saturated heterocycles. The van der Waals surface area contributed by atoms with Gasteiger partial charge in [-0.3, -0.25) is 14.3 Å². The van der Waals surface area contributed by atoms with Crippen molar-refractivity contribution in [3.8, 4) is 5.75 Å². The number of aromatic amines is 1. The summed E-state index contributed by atoms with van der Waals surface area (Å²) in [6, 6.07) is 7.40. The standard InChI is InChI=1S/C12H10BrClN2O3/c13-8-3-1-2-4-10(8)19-6-5-16-7-9(14)11(17)15-12(16)18/h1-4,7H,5-6H2,(H,15,17,18). The largest absolute Gasteiger partial charge is 0.491 e. The molecule has 1 aromatic carbocycles. The number of benzene rings is 1. The molecule has 100 valence electrons. The van der Waals surface area contributed by atoms with Gasteiger partial charge in [0.05, 0.1) is 11.0 Å². The maximum Gasteiger partial charge on any atom is 0.328 e. The number of hydrogen-bond donors (Lipinski definition) is 1. The molecule has 0 bridgehead atoms. The molecule has 2 aromatic rings. The van der Waals surface area contributed by atoms with Crippen LogP contribution in [0.1, 0.15) is 0 Å². The van der Waals surface area contributed by atoms with Crippen molar-refractivity contribution in [2.75, 3.05) is 6.61 Å². The summed E-state index contributed by atoms with van der Waals surface area (Å²) >= 11 is 9.01. The average Bonchev–Trinajstić information content (AvgIpc) is 2.38. The van der Waals surface area contributed by atoms with Crippen LogP contribution in [-0.4, -0.2) is 16.2 Å². The quantitative estimate of drug-likeness (QED) is 0.922. The summed E-state index contributed by atoms with van der Waals surface area (Å²) in [7, 11) is 0. The fourth-order valence-corrected chi connectivity index (χ4v) is 2.03. The molecule has 0 atom stereocenters. The molecule has 0 saturated carbocycles.